The van der Waals surface area contributed by atoms with Crippen LogP contribution >= 0.6 is 11.3 Å². The molecule has 9 nitrogen and oxygen atoms in total. The summed E-state index contributed by atoms with van der Waals surface area (Å²) >= 11 is 1.33. The molecule has 192 valence electrons. The lowest BCUT2D eigenvalue weighted by Crippen LogP contribution is -2.51. The predicted octanol–water partition coefficient (Wildman–Crippen LogP) is 3.37. The number of primary amides is 1. The Balaban J connectivity index is 1.97. The van der Waals surface area contributed by atoms with Crippen molar-refractivity contribution in [2.24, 2.45) is 11.1 Å². The molecule has 0 bridgehead atoms. The van der Waals surface area contributed by atoms with Crippen molar-refractivity contribution in [2.45, 2.75) is 53.1 Å². The molecule has 4 N–H and O–H groups in total. The highest BCUT2D eigenvalue weighted by atomic mass is 32.1. The van der Waals surface area contributed by atoms with Gasteiger partial charge in [-0.2, -0.15) is 0 Å². The SMILES string of the molecule is CCc1c(C(=O)C(N)=O)c2c(OCC(=O)N[C@H](C(=O)O)C(C)(C)CC)csc2n1Cc1ccccc1. The average molecular weight is 514 g/mol. The number of carboxylic acid groups (broad SMARTS) is 1. The van der Waals surface area contributed by atoms with Crippen LogP contribution in [0.3, 0.4) is 0 Å². The van der Waals surface area contributed by atoms with Crippen molar-refractivity contribution < 1.29 is 29.0 Å². The van der Waals surface area contributed by atoms with Gasteiger partial charge in [0.05, 0.1) is 10.9 Å². The molecule has 2 heterocycles. The van der Waals surface area contributed by atoms with Crippen molar-refractivity contribution >= 4 is 45.1 Å². The Morgan fingerprint density at radius 3 is 2.39 bits per heavy atom. The fraction of sp³-hybridized carbons (Fsp3) is 0.385. The van der Waals surface area contributed by atoms with E-state index in [4.69, 9.17) is 10.5 Å². The number of aromatic nitrogens is 1. The number of carbonyl (C=O) groups excluding carboxylic acids is 3. The molecule has 0 saturated heterocycles. The first-order valence-corrected chi connectivity index (χ1v) is 12.5. The monoisotopic (exact) mass is 513 g/mol. The molecule has 0 unspecified atom stereocenters. The van der Waals surface area contributed by atoms with Crippen molar-refractivity contribution in [3.05, 3.63) is 52.5 Å². The second kappa shape index (κ2) is 10.9. The van der Waals surface area contributed by atoms with Gasteiger partial charge >= 0.3 is 5.97 Å². The highest BCUT2D eigenvalue weighted by Crippen LogP contribution is 2.40. The maximum Gasteiger partial charge on any atom is 0.326 e. The molecule has 0 saturated carbocycles. The van der Waals surface area contributed by atoms with Crippen molar-refractivity contribution in [2.75, 3.05) is 6.61 Å². The third-order valence-electron chi connectivity index (χ3n) is 6.42. The molecular formula is C26H31N3O6S. The number of nitrogens with two attached hydrogens (primary N) is 1. The molecule has 0 fully saturated rings. The Hall–Kier alpha value is -3.66. The van der Waals surface area contributed by atoms with E-state index in [1.165, 1.54) is 11.3 Å². The molecule has 1 atom stereocenters. The zero-order valence-electron chi connectivity index (χ0n) is 20.8. The van der Waals surface area contributed by atoms with Crippen LogP contribution in [0.15, 0.2) is 35.7 Å². The maximum atomic E-state index is 12.9. The number of aliphatic carboxylic acids is 1. The number of fused-ring (bicyclic) bond motifs is 1. The van der Waals surface area contributed by atoms with Crippen LogP contribution in [0.25, 0.3) is 10.2 Å². The van der Waals surface area contributed by atoms with E-state index in [0.29, 0.717) is 35.3 Å². The Labute approximate surface area is 213 Å². The lowest BCUT2D eigenvalue weighted by atomic mass is 9.82. The highest BCUT2D eigenvalue weighted by molar-refractivity contribution is 7.17. The van der Waals surface area contributed by atoms with Gasteiger partial charge in [0.1, 0.15) is 16.6 Å². The van der Waals surface area contributed by atoms with Crippen LogP contribution in [0.4, 0.5) is 0 Å². The van der Waals surface area contributed by atoms with Gasteiger partial charge in [0.25, 0.3) is 17.6 Å². The number of benzene rings is 1. The van der Waals surface area contributed by atoms with E-state index < -0.39 is 41.6 Å². The van der Waals surface area contributed by atoms with Crippen LogP contribution in [0, 0.1) is 5.41 Å². The van der Waals surface area contributed by atoms with E-state index in [1.54, 1.807) is 19.2 Å². The Morgan fingerprint density at radius 2 is 1.83 bits per heavy atom. The summed E-state index contributed by atoms with van der Waals surface area (Å²) < 4.78 is 7.73. The van der Waals surface area contributed by atoms with Gasteiger partial charge < -0.3 is 25.5 Å². The summed E-state index contributed by atoms with van der Waals surface area (Å²) in [5.74, 6) is -3.38. The van der Waals surface area contributed by atoms with Crippen molar-refractivity contribution in [3.8, 4) is 5.75 Å². The number of nitrogens with one attached hydrogen (secondary N) is 1. The molecule has 2 amide bonds. The van der Waals surface area contributed by atoms with E-state index in [9.17, 15) is 24.3 Å². The second-order valence-electron chi connectivity index (χ2n) is 9.19. The fourth-order valence-electron chi connectivity index (χ4n) is 4.08. The van der Waals surface area contributed by atoms with E-state index in [0.717, 1.165) is 5.56 Å². The smallest absolute Gasteiger partial charge is 0.326 e. The second-order valence-corrected chi connectivity index (χ2v) is 10.0. The number of hydrogen-bond acceptors (Lipinski definition) is 6. The summed E-state index contributed by atoms with van der Waals surface area (Å²) in [5.41, 5.74) is 6.53. The van der Waals surface area contributed by atoms with Crippen LogP contribution in [0.2, 0.25) is 0 Å². The van der Waals surface area contributed by atoms with Gasteiger partial charge in [-0.3, -0.25) is 14.4 Å². The van der Waals surface area contributed by atoms with Gasteiger partial charge in [-0.05, 0) is 23.8 Å². The number of rotatable bonds is 12. The maximum absolute atomic E-state index is 12.9. The Morgan fingerprint density at radius 1 is 1.17 bits per heavy atom. The Kier molecular flexibility index (Phi) is 8.19. The van der Waals surface area contributed by atoms with Gasteiger partial charge in [0.2, 0.25) is 0 Å². The van der Waals surface area contributed by atoms with Crippen LogP contribution < -0.4 is 15.8 Å². The number of ketones is 1. The normalized spacial score (nSPS) is 12.3. The van der Waals surface area contributed by atoms with E-state index in [-0.39, 0.29) is 11.3 Å². The third kappa shape index (κ3) is 5.43. The summed E-state index contributed by atoms with van der Waals surface area (Å²) in [7, 11) is 0. The zero-order chi connectivity index (χ0) is 26.6. The molecule has 36 heavy (non-hydrogen) atoms. The molecule has 0 radical (unpaired) electrons. The van der Waals surface area contributed by atoms with Crippen LogP contribution in [-0.4, -0.2) is 45.9 Å². The standard InChI is InChI=1S/C26H31N3O6S/c1-5-16-19(21(31)23(27)32)20-17(14-36-24(20)29(16)12-15-10-8-7-9-11-15)35-13-18(30)28-22(25(33)34)26(3,4)6-2/h7-11,14,22H,5-6,12-13H2,1-4H3,(H2,27,32)(H,28,30)(H,33,34)/t22-/m1/s1. The first-order chi connectivity index (χ1) is 17.0. The van der Waals surface area contributed by atoms with Crippen molar-refractivity contribution in [3.63, 3.8) is 0 Å². The fourth-order valence-corrected chi connectivity index (χ4v) is 5.11. The summed E-state index contributed by atoms with van der Waals surface area (Å²) in [4.78, 5) is 49.8. The summed E-state index contributed by atoms with van der Waals surface area (Å²) in [6.07, 6.45) is 1.01. The summed E-state index contributed by atoms with van der Waals surface area (Å²) in [6, 6.07) is 8.59. The van der Waals surface area contributed by atoms with E-state index in [2.05, 4.69) is 5.32 Å². The average Bonchev–Trinajstić information content (AvgIpc) is 3.39. The molecule has 0 spiro atoms. The van der Waals surface area contributed by atoms with Crippen LogP contribution in [0.5, 0.6) is 5.75 Å². The quantitative estimate of drug-likeness (QED) is 0.251. The zero-order valence-corrected chi connectivity index (χ0v) is 21.6. The van der Waals surface area contributed by atoms with Crippen molar-refractivity contribution in [1.82, 2.24) is 9.88 Å². The molecule has 3 rings (SSSR count). The van der Waals surface area contributed by atoms with Crippen LogP contribution in [0.1, 0.15) is 55.7 Å². The van der Waals surface area contributed by atoms with Gasteiger partial charge in [-0.15, -0.1) is 11.3 Å². The minimum absolute atomic E-state index is 0.170. The first kappa shape index (κ1) is 26.9. The molecule has 0 aliphatic rings. The number of carbonyl (C=O) groups is 4. The lowest BCUT2D eigenvalue weighted by Gasteiger charge is -2.30. The molecule has 0 aliphatic carbocycles. The number of carboxylic acids is 1. The minimum atomic E-state index is -1.13. The number of thiophene rings is 1. The lowest BCUT2D eigenvalue weighted by molar-refractivity contribution is -0.145. The molecule has 10 heteroatoms. The molecule has 0 aliphatic heterocycles. The van der Waals surface area contributed by atoms with E-state index in [1.807, 2.05) is 48.7 Å². The number of Topliss-reactive ketones (excluding diaryl/α,β-unsaturated/α-hetero) is 1. The number of hydrogen-bond donors (Lipinski definition) is 3. The number of ether oxygens (including phenoxy) is 1. The number of nitrogens with zero attached hydrogens (tertiary/aromatic N) is 1. The number of amides is 2. The largest absolute Gasteiger partial charge is 0.482 e. The topological polar surface area (TPSA) is 141 Å². The molecule has 3 aromatic rings. The minimum Gasteiger partial charge on any atom is -0.482 e. The highest BCUT2D eigenvalue weighted by Gasteiger charge is 2.35. The molecule has 1 aromatic carbocycles. The van der Waals surface area contributed by atoms with Gasteiger partial charge in [0.15, 0.2) is 6.61 Å². The summed E-state index contributed by atoms with van der Waals surface area (Å²) in [5, 5.41) is 14.2. The summed E-state index contributed by atoms with van der Waals surface area (Å²) in [6.45, 7) is 7.28. The van der Waals surface area contributed by atoms with Crippen molar-refractivity contribution in [1.29, 1.82) is 0 Å². The van der Waals surface area contributed by atoms with E-state index >= 15 is 0 Å². The molecular weight excluding hydrogens is 482 g/mol. The molecule has 2 aromatic heterocycles. The Bertz CT molecular complexity index is 1290. The first-order valence-electron chi connectivity index (χ1n) is 11.7. The van der Waals surface area contributed by atoms with Crippen LogP contribution in [-0.2, 0) is 27.3 Å². The van der Waals surface area contributed by atoms with Gasteiger partial charge in [0, 0.05) is 17.6 Å². The third-order valence-corrected chi connectivity index (χ3v) is 7.40. The van der Waals surface area contributed by atoms with Gasteiger partial charge in [-0.1, -0.05) is 58.0 Å². The predicted molar refractivity (Wildman–Crippen MR) is 137 cm³/mol. The van der Waals surface area contributed by atoms with Gasteiger partial charge in [-0.25, -0.2) is 4.79 Å².